The Morgan fingerprint density at radius 2 is 1.81 bits per heavy atom. The van der Waals surface area contributed by atoms with E-state index in [4.69, 9.17) is 0 Å². The van der Waals surface area contributed by atoms with E-state index in [0.29, 0.717) is 6.54 Å². The third kappa shape index (κ3) is 3.87. The summed E-state index contributed by atoms with van der Waals surface area (Å²) >= 11 is 0. The molecular formula is C13H24N2O. The van der Waals surface area contributed by atoms with E-state index in [2.05, 4.69) is 6.58 Å². The van der Waals surface area contributed by atoms with Crippen LogP contribution in [0.5, 0.6) is 0 Å². The molecule has 0 aromatic carbocycles. The van der Waals surface area contributed by atoms with Gasteiger partial charge in [-0.3, -0.25) is 0 Å². The predicted molar refractivity (Wildman–Crippen MR) is 67.5 cm³/mol. The summed E-state index contributed by atoms with van der Waals surface area (Å²) in [6, 6.07) is 0.187. The van der Waals surface area contributed by atoms with E-state index in [1.165, 1.54) is 12.8 Å². The number of likely N-dealkylation sites (N-methyl/N-ethyl adjacent to an activating group) is 1. The first-order chi connectivity index (χ1) is 7.65. The zero-order valence-corrected chi connectivity index (χ0v) is 10.7. The average Bonchev–Trinajstić information content (AvgIpc) is 2.53. The van der Waals surface area contributed by atoms with Crippen LogP contribution in [0.4, 0.5) is 4.79 Å². The van der Waals surface area contributed by atoms with E-state index in [-0.39, 0.29) is 6.03 Å². The summed E-state index contributed by atoms with van der Waals surface area (Å²) in [4.78, 5) is 16.1. The first-order valence-electron chi connectivity index (χ1n) is 6.33. The van der Waals surface area contributed by atoms with Crippen LogP contribution in [0.15, 0.2) is 12.2 Å². The highest BCUT2D eigenvalue weighted by Gasteiger charge is 2.20. The van der Waals surface area contributed by atoms with Crippen LogP contribution in [0.25, 0.3) is 0 Å². The van der Waals surface area contributed by atoms with Gasteiger partial charge in [-0.05, 0) is 26.7 Å². The van der Waals surface area contributed by atoms with Crippen LogP contribution in [0.3, 0.4) is 0 Å². The number of amides is 2. The Balaban J connectivity index is 2.54. The molecule has 1 rings (SSSR count). The molecule has 3 heteroatoms. The van der Waals surface area contributed by atoms with E-state index >= 15 is 0 Å². The monoisotopic (exact) mass is 224 g/mol. The van der Waals surface area contributed by atoms with Gasteiger partial charge < -0.3 is 9.80 Å². The van der Waals surface area contributed by atoms with Crippen LogP contribution in [0, 0.1) is 0 Å². The van der Waals surface area contributed by atoms with Gasteiger partial charge in [0, 0.05) is 26.2 Å². The van der Waals surface area contributed by atoms with Gasteiger partial charge in [0.15, 0.2) is 0 Å². The molecule has 1 heterocycles. The first kappa shape index (κ1) is 13.1. The SMILES string of the molecule is C=C(C)CN(CC)C(=O)N1CCCCCC1. The minimum Gasteiger partial charge on any atom is -0.325 e. The molecule has 0 saturated carbocycles. The van der Waals surface area contributed by atoms with Crippen molar-refractivity contribution >= 4 is 6.03 Å². The standard InChI is InChI=1S/C13H24N2O/c1-4-14(11-12(2)3)13(16)15-9-7-5-6-8-10-15/h2,4-11H2,1,3H3. The summed E-state index contributed by atoms with van der Waals surface area (Å²) in [5.74, 6) is 0. The van der Waals surface area contributed by atoms with E-state index < -0.39 is 0 Å². The lowest BCUT2D eigenvalue weighted by molar-refractivity contribution is 0.160. The van der Waals surface area contributed by atoms with Gasteiger partial charge in [-0.25, -0.2) is 4.79 Å². The molecule has 0 aromatic heterocycles. The maximum Gasteiger partial charge on any atom is 0.320 e. The maximum absolute atomic E-state index is 12.2. The molecule has 1 saturated heterocycles. The van der Waals surface area contributed by atoms with Crippen molar-refractivity contribution in [2.45, 2.75) is 39.5 Å². The van der Waals surface area contributed by atoms with Crippen molar-refractivity contribution < 1.29 is 4.79 Å². The van der Waals surface area contributed by atoms with Crippen LogP contribution < -0.4 is 0 Å². The Morgan fingerprint density at radius 3 is 2.25 bits per heavy atom. The highest BCUT2D eigenvalue weighted by Crippen LogP contribution is 2.12. The Morgan fingerprint density at radius 1 is 1.25 bits per heavy atom. The Bertz CT molecular complexity index is 242. The fraction of sp³-hybridized carbons (Fsp3) is 0.769. The van der Waals surface area contributed by atoms with E-state index in [1.807, 2.05) is 23.6 Å². The van der Waals surface area contributed by atoms with Gasteiger partial charge in [0.2, 0.25) is 0 Å². The molecule has 0 unspecified atom stereocenters. The van der Waals surface area contributed by atoms with Crippen LogP contribution >= 0.6 is 0 Å². The molecule has 2 amide bonds. The lowest BCUT2D eigenvalue weighted by Crippen LogP contribution is -2.44. The smallest absolute Gasteiger partial charge is 0.320 e. The molecule has 0 atom stereocenters. The third-order valence-electron chi connectivity index (χ3n) is 2.99. The van der Waals surface area contributed by atoms with Gasteiger partial charge in [0.25, 0.3) is 0 Å². The van der Waals surface area contributed by atoms with Gasteiger partial charge >= 0.3 is 6.03 Å². The molecule has 0 N–H and O–H groups in total. The largest absolute Gasteiger partial charge is 0.325 e. The molecule has 3 nitrogen and oxygen atoms in total. The second kappa shape index (κ2) is 6.56. The molecule has 1 fully saturated rings. The van der Waals surface area contributed by atoms with Gasteiger partial charge in [-0.1, -0.05) is 25.0 Å². The van der Waals surface area contributed by atoms with Crippen LogP contribution in [0.1, 0.15) is 39.5 Å². The summed E-state index contributed by atoms with van der Waals surface area (Å²) in [6.07, 6.45) is 4.82. The second-order valence-electron chi connectivity index (χ2n) is 4.66. The lowest BCUT2D eigenvalue weighted by atomic mass is 10.2. The van der Waals surface area contributed by atoms with Crippen molar-refractivity contribution in [2.75, 3.05) is 26.2 Å². The topological polar surface area (TPSA) is 23.6 Å². The predicted octanol–water partition coefficient (Wildman–Crippen LogP) is 2.88. The summed E-state index contributed by atoms with van der Waals surface area (Å²) in [5, 5.41) is 0. The zero-order valence-electron chi connectivity index (χ0n) is 10.7. The lowest BCUT2D eigenvalue weighted by Gasteiger charge is -2.29. The number of hydrogen-bond donors (Lipinski definition) is 0. The average molecular weight is 224 g/mol. The molecule has 0 aromatic rings. The van der Waals surface area contributed by atoms with Crippen molar-refractivity contribution in [3.8, 4) is 0 Å². The van der Waals surface area contributed by atoms with E-state index in [9.17, 15) is 4.79 Å². The number of carbonyl (C=O) groups excluding carboxylic acids is 1. The van der Waals surface area contributed by atoms with Crippen molar-refractivity contribution in [3.63, 3.8) is 0 Å². The van der Waals surface area contributed by atoms with Crippen LogP contribution in [-0.2, 0) is 0 Å². The fourth-order valence-electron chi connectivity index (χ4n) is 2.10. The normalized spacial score (nSPS) is 16.8. The van der Waals surface area contributed by atoms with Crippen molar-refractivity contribution in [1.82, 2.24) is 9.80 Å². The number of carbonyl (C=O) groups is 1. The van der Waals surface area contributed by atoms with Gasteiger partial charge in [-0.2, -0.15) is 0 Å². The van der Waals surface area contributed by atoms with Crippen LogP contribution in [-0.4, -0.2) is 42.0 Å². The molecule has 92 valence electrons. The highest BCUT2D eigenvalue weighted by molar-refractivity contribution is 5.74. The molecule has 0 spiro atoms. The summed E-state index contributed by atoms with van der Waals surface area (Å²) < 4.78 is 0. The number of rotatable bonds is 3. The number of nitrogens with zero attached hydrogens (tertiary/aromatic N) is 2. The summed E-state index contributed by atoms with van der Waals surface area (Å²) in [7, 11) is 0. The van der Waals surface area contributed by atoms with E-state index in [1.54, 1.807) is 0 Å². The van der Waals surface area contributed by atoms with Gasteiger partial charge in [0.05, 0.1) is 0 Å². The van der Waals surface area contributed by atoms with Crippen molar-refractivity contribution in [2.24, 2.45) is 0 Å². The molecule has 0 bridgehead atoms. The first-order valence-corrected chi connectivity index (χ1v) is 6.33. The molecule has 1 aliphatic rings. The molecule has 16 heavy (non-hydrogen) atoms. The zero-order chi connectivity index (χ0) is 12.0. The minimum absolute atomic E-state index is 0.187. The molecular weight excluding hydrogens is 200 g/mol. The summed E-state index contributed by atoms with van der Waals surface area (Å²) in [5.41, 5.74) is 1.05. The number of likely N-dealkylation sites (tertiary alicyclic amines) is 1. The van der Waals surface area contributed by atoms with Crippen molar-refractivity contribution in [3.05, 3.63) is 12.2 Å². The van der Waals surface area contributed by atoms with Crippen LogP contribution in [0.2, 0.25) is 0 Å². The summed E-state index contributed by atoms with van der Waals surface area (Å²) in [6.45, 7) is 11.2. The van der Waals surface area contributed by atoms with Gasteiger partial charge in [0.1, 0.15) is 0 Å². The Kier molecular flexibility index (Phi) is 5.36. The third-order valence-corrected chi connectivity index (χ3v) is 2.99. The molecule has 0 aliphatic carbocycles. The van der Waals surface area contributed by atoms with Crippen molar-refractivity contribution in [1.29, 1.82) is 0 Å². The molecule has 0 radical (unpaired) electrons. The minimum atomic E-state index is 0.187. The number of hydrogen-bond acceptors (Lipinski definition) is 1. The maximum atomic E-state index is 12.2. The Hall–Kier alpha value is -0.990. The fourth-order valence-corrected chi connectivity index (χ4v) is 2.10. The highest BCUT2D eigenvalue weighted by atomic mass is 16.2. The molecule has 1 aliphatic heterocycles. The quantitative estimate of drug-likeness (QED) is 0.676. The van der Waals surface area contributed by atoms with E-state index in [0.717, 1.165) is 38.0 Å². The Labute approximate surface area is 99.1 Å². The second-order valence-corrected chi connectivity index (χ2v) is 4.66. The number of urea groups is 1. The van der Waals surface area contributed by atoms with Gasteiger partial charge in [-0.15, -0.1) is 0 Å².